The van der Waals surface area contributed by atoms with Crippen LogP contribution in [-0.4, -0.2) is 28.8 Å². The van der Waals surface area contributed by atoms with Gasteiger partial charge in [0.15, 0.2) is 5.96 Å². The summed E-state index contributed by atoms with van der Waals surface area (Å²) in [7, 11) is 1.31. The number of benzene rings is 2. The molecule has 4 rings (SSSR count). The van der Waals surface area contributed by atoms with Crippen molar-refractivity contribution in [3.8, 4) is 11.1 Å². The van der Waals surface area contributed by atoms with E-state index in [1.165, 1.54) is 19.2 Å². The Morgan fingerprint density at radius 3 is 2.32 bits per heavy atom. The van der Waals surface area contributed by atoms with Crippen LogP contribution >= 0.6 is 0 Å². The van der Waals surface area contributed by atoms with Crippen LogP contribution in [0.2, 0.25) is 0 Å². The van der Waals surface area contributed by atoms with Crippen LogP contribution in [0.5, 0.6) is 0 Å². The third-order valence-electron chi connectivity index (χ3n) is 5.16. The molecule has 0 bridgehead atoms. The van der Waals surface area contributed by atoms with Crippen LogP contribution in [0, 0.1) is 5.82 Å². The van der Waals surface area contributed by atoms with Gasteiger partial charge in [-0.2, -0.15) is 13.2 Å². The molecular formula is C22H16F4N4O. The second-order valence-electron chi connectivity index (χ2n) is 7.03. The number of carbonyl (C=O) groups excluding carboxylic acids is 1. The van der Waals surface area contributed by atoms with Gasteiger partial charge in [0.05, 0.1) is 11.3 Å². The molecule has 1 amide bonds. The molecule has 3 aromatic rings. The third-order valence-corrected chi connectivity index (χ3v) is 5.16. The summed E-state index contributed by atoms with van der Waals surface area (Å²) in [5.74, 6) is -1.88. The van der Waals surface area contributed by atoms with Gasteiger partial charge in [0.2, 0.25) is 5.54 Å². The van der Waals surface area contributed by atoms with E-state index in [1.54, 1.807) is 24.3 Å². The predicted octanol–water partition coefficient (Wildman–Crippen LogP) is 3.94. The normalized spacial score (nSPS) is 18.9. The minimum atomic E-state index is -4.69. The summed E-state index contributed by atoms with van der Waals surface area (Å²) < 4.78 is 55.1. The van der Waals surface area contributed by atoms with Crippen molar-refractivity contribution in [2.24, 2.45) is 10.7 Å². The summed E-state index contributed by atoms with van der Waals surface area (Å²) in [6.45, 7) is 0. The van der Waals surface area contributed by atoms with Gasteiger partial charge in [0, 0.05) is 18.8 Å². The van der Waals surface area contributed by atoms with Crippen LogP contribution in [0.4, 0.5) is 17.6 Å². The predicted molar refractivity (Wildman–Crippen MR) is 106 cm³/mol. The number of pyridine rings is 1. The van der Waals surface area contributed by atoms with Crippen molar-refractivity contribution in [1.82, 2.24) is 9.88 Å². The first-order chi connectivity index (χ1) is 14.6. The summed E-state index contributed by atoms with van der Waals surface area (Å²) in [6, 6.07) is 14.5. The highest BCUT2D eigenvalue weighted by atomic mass is 19.4. The molecule has 9 heteroatoms. The van der Waals surface area contributed by atoms with Gasteiger partial charge in [-0.05, 0) is 35.4 Å². The lowest BCUT2D eigenvalue weighted by Crippen LogP contribution is -2.42. The Morgan fingerprint density at radius 1 is 1.00 bits per heavy atom. The summed E-state index contributed by atoms with van der Waals surface area (Å²) in [4.78, 5) is 22.3. The van der Waals surface area contributed by atoms with E-state index in [-0.39, 0.29) is 17.2 Å². The number of guanidine groups is 1. The maximum absolute atomic E-state index is 15.1. The SMILES string of the molecule is CN1C(=O)C(c2cc(C(F)(F)F)ccn2)(c2cc(-c3ccccc3)ccc2F)N=C1N. The van der Waals surface area contributed by atoms with Crippen molar-refractivity contribution in [2.45, 2.75) is 11.7 Å². The van der Waals surface area contributed by atoms with E-state index < -0.39 is 29.0 Å². The fourth-order valence-corrected chi connectivity index (χ4v) is 3.54. The molecule has 1 aliphatic rings. The van der Waals surface area contributed by atoms with Crippen LogP contribution in [0.3, 0.4) is 0 Å². The molecule has 0 fully saturated rings. The zero-order valence-corrected chi connectivity index (χ0v) is 16.2. The Kier molecular flexibility index (Phi) is 4.76. The molecule has 1 unspecified atom stereocenters. The number of hydrogen-bond donors (Lipinski definition) is 1. The first-order valence-electron chi connectivity index (χ1n) is 9.17. The maximum Gasteiger partial charge on any atom is 0.416 e. The number of nitrogens with two attached hydrogens (primary N) is 1. The van der Waals surface area contributed by atoms with Crippen molar-refractivity contribution in [3.63, 3.8) is 0 Å². The van der Waals surface area contributed by atoms with Gasteiger partial charge in [-0.15, -0.1) is 0 Å². The average molecular weight is 428 g/mol. The van der Waals surface area contributed by atoms with Gasteiger partial charge in [-0.1, -0.05) is 36.4 Å². The van der Waals surface area contributed by atoms with Gasteiger partial charge in [-0.3, -0.25) is 14.7 Å². The summed E-state index contributed by atoms with van der Waals surface area (Å²) in [5.41, 5.74) is 3.28. The van der Waals surface area contributed by atoms with E-state index in [0.29, 0.717) is 11.6 Å². The van der Waals surface area contributed by atoms with Gasteiger partial charge >= 0.3 is 6.18 Å². The number of nitrogens with zero attached hydrogens (tertiary/aromatic N) is 3. The van der Waals surface area contributed by atoms with Gasteiger partial charge in [-0.25, -0.2) is 9.38 Å². The molecule has 158 valence electrons. The van der Waals surface area contributed by atoms with E-state index in [9.17, 15) is 18.0 Å². The Balaban J connectivity index is 2.00. The Morgan fingerprint density at radius 2 is 1.71 bits per heavy atom. The molecule has 1 atom stereocenters. The van der Waals surface area contributed by atoms with Gasteiger partial charge in [0.25, 0.3) is 5.91 Å². The Bertz CT molecular complexity index is 1190. The van der Waals surface area contributed by atoms with Crippen LogP contribution in [0.15, 0.2) is 71.9 Å². The maximum atomic E-state index is 15.1. The van der Waals surface area contributed by atoms with E-state index in [1.807, 2.05) is 6.07 Å². The number of halogens is 4. The lowest BCUT2D eigenvalue weighted by Gasteiger charge is -2.26. The Labute approximate surface area is 174 Å². The molecule has 1 aromatic heterocycles. The molecule has 2 aromatic carbocycles. The van der Waals surface area contributed by atoms with E-state index in [2.05, 4.69) is 9.98 Å². The first-order valence-corrected chi connectivity index (χ1v) is 9.17. The molecule has 1 aliphatic heterocycles. The number of amides is 1. The monoisotopic (exact) mass is 428 g/mol. The van der Waals surface area contributed by atoms with Crippen molar-refractivity contribution >= 4 is 11.9 Å². The van der Waals surface area contributed by atoms with Crippen LogP contribution < -0.4 is 5.73 Å². The fourth-order valence-electron chi connectivity index (χ4n) is 3.54. The number of aromatic nitrogens is 1. The number of likely N-dealkylation sites (N-methyl/N-ethyl adjacent to an activating group) is 1. The van der Waals surface area contributed by atoms with Crippen LogP contribution in [0.25, 0.3) is 11.1 Å². The average Bonchev–Trinajstić information content (AvgIpc) is 2.99. The Hall–Kier alpha value is -3.75. The summed E-state index contributed by atoms with van der Waals surface area (Å²) in [5, 5.41) is 0. The quantitative estimate of drug-likeness (QED) is 0.643. The molecule has 31 heavy (non-hydrogen) atoms. The topological polar surface area (TPSA) is 71.6 Å². The molecule has 2 N–H and O–H groups in total. The molecule has 2 heterocycles. The largest absolute Gasteiger partial charge is 0.416 e. The van der Waals surface area contributed by atoms with Crippen LogP contribution in [0.1, 0.15) is 16.8 Å². The first kappa shape index (κ1) is 20.5. The highest BCUT2D eigenvalue weighted by Crippen LogP contribution is 2.42. The number of aliphatic imine (C=N–C) groups is 1. The smallest absolute Gasteiger partial charge is 0.369 e. The molecule has 0 radical (unpaired) electrons. The number of carbonyl (C=O) groups is 1. The van der Waals surface area contributed by atoms with Crippen molar-refractivity contribution in [1.29, 1.82) is 0 Å². The second kappa shape index (κ2) is 7.19. The van der Waals surface area contributed by atoms with Gasteiger partial charge < -0.3 is 5.73 Å². The zero-order chi connectivity index (χ0) is 22.4. The number of hydrogen-bond acceptors (Lipinski definition) is 4. The molecular weight excluding hydrogens is 412 g/mol. The molecule has 0 saturated carbocycles. The molecule has 5 nitrogen and oxygen atoms in total. The molecule has 0 aliphatic carbocycles. The van der Waals surface area contributed by atoms with Crippen molar-refractivity contribution in [3.05, 3.63) is 89.5 Å². The molecule has 0 spiro atoms. The van der Waals surface area contributed by atoms with Crippen LogP contribution in [-0.2, 0) is 16.5 Å². The standard InChI is InChI=1S/C22H16F4N4O/c1-30-19(31)21(29-20(30)27,18-12-15(9-10-28-18)22(24,25)26)16-11-14(7-8-17(16)23)13-5-3-2-4-6-13/h2-12H,1H3,(H2,27,29). The number of rotatable bonds is 3. The van der Waals surface area contributed by atoms with E-state index >= 15 is 4.39 Å². The minimum absolute atomic E-state index is 0.238. The third kappa shape index (κ3) is 3.31. The zero-order valence-electron chi connectivity index (χ0n) is 16.2. The lowest BCUT2D eigenvalue weighted by atomic mass is 9.83. The van der Waals surface area contributed by atoms with Crippen molar-refractivity contribution < 1.29 is 22.4 Å². The summed E-state index contributed by atoms with van der Waals surface area (Å²) >= 11 is 0. The van der Waals surface area contributed by atoms with E-state index in [4.69, 9.17) is 5.73 Å². The minimum Gasteiger partial charge on any atom is -0.369 e. The van der Waals surface area contributed by atoms with Gasteiger partial charge in [0.1, 0.15) is 5.82 Å². The molecule has 0 saturated heterocycles. The highest BCUT2D eigenvalue weighted by Gasteiger charge is 2.52. The highest BCUT2D eigenvalue weighted by molar-refractivity contribution is 6.08. The van der Waals surface area contributed by atoms with E-state index in [0.717, 1.165) is 28.8 Å². The summed E-state index contributed by atoms with van der Waals surface area (Å²) in [6.07, 6.45) is -3.78. The lowest BCUT2D eigenvalue weighted by molar-refractivity contribution is -0.138. The number of alkyl halides is 3. The fraction of sp³-hybridized carbons (Fsp3) is 0.136. The second-order valence-corrected chi connectivity index (χ2v) is 7.03. The van der Waals surface area contributed by atoms with Crippen molar-refractivity contribution in [2.75, 3.05) is 7.05 Å².